The lowest BCUT2D eigenvalue weighted by molar-refractivity contribution is 0.0695. The molecule has 2 aromatic heterocycles. The van der Waals surface area contributed by atoms with E-state index in [1.807, 2.05) is 12.1 Å². The molecule has 208 valence electrons. The van der Waals surface area contributed by atoms with Gasteiger partial charge in [-0.2, -0.15) is 0 Å². The molecular formula is C33H38N4O3. The number of rotatable bonds is 6. The van der Waals surface area contributed by atoms with Crippen molar-refractivity contribution in [3.63, 3.8) is 0 Å². The molecule has 1 saturated heterocycles. The first-order valence-corrected chi connectivity index (χ1v) is 15.1. The first-order chi connectivity index (χ1) is 19.4. The van der Waals surface area contributed by atoms with Crippen molar-refractivity contribution in [2.45, 2.75) is 70.1 Å². The number of carbonyl (C=O) groups is 1. The second-order valence-corrected chi connectivity index (χ2v) is 13.0. The summed E-state index contributed by atoms with van der Waals surface area (Å²) in [5, 5.41) is 11.1. The van der Waals surface area contributed by atoms with Crippen LogP contribution in [0.15, 0.2) is 36.4 Å². The lowest BCUT2D eigenvalue weighted by Crippen LogP contribution is -2.38. The van der Waals surface area contributed by atoms with Crippen molar-refractivity contribution in [1.29, 1.82) is 0 Å². The fourth-order valence-corrected chi connectivity index (χ4v) is 7.85. The third-order valence-corrected chi connectivity index (χ3v) is 10.6. The quantitative estimate of drug-likeness (QED) is 0.341. The number of piperidine rings is 1. The number of imidazole rings is 1. The summed E-state index contributed by atoms with van der Waals surface area (Å²) in [4.78, 5) is 21.0. The number of aryl methyl sites for hydroxylation is 1. The van der Waals surface area contributed by atoms with E-state index in [-0.39, 0.29) is 12.0 Å². The van der Waals surface area contributed by atoms with Crippen LogP contribution in [-0.4, -0.2) is 55.8 Å². The number of amides is 1. The zero-order chi connectivity index (χ0) is 27.3. The Bertz CT molecular complexity index is 1660. The second-order valence-electron chi connectivity index (χ2n) is 13.0. The van der Waals surface area contributed by atoms with Crippen LogP contribution in [0.5, 0.6) is 5.75 Å². The van der Waals surface area contributed by atoms with Gasteiger partial charge in [0.2, 0.25) is 0 Å². The zero-order valence-corrected chi connectivity index (χ0v) is 23.6. The van der Waals surface area contributed by atoms with E-state index < -0.39 is 0 Å². The Morgan fingerprint density at radius 1 is 1.10 bits per heavy atom. The molecule has 1 aliphatic heterocycles. The van der Waals surface area contributed by atoms with Crippen LogP contribution in [0.3, 0.4) is 0 Å². The lowest BCUT2D eigenvalue weighted by Gasteiger charge is -2.31. The van der Waals surface area contributed by atoms with Crippen molar-refractivity contribution in [3.8, 4) is 17.3 Å². The number of likely N-dealkylation sites (tertiary alicyclic amines) is 1. The summed E-state index contributed by atoms with van der Waals surface area (Å²) in [6.07, 6.45) is 6.43. The number of aliphatic hydroxyl groups excluding tert-OH is 1. The van der Waals surface area contributed by atoms with Crippen LogP contribution in [-0.2, 0) is 13.6 Å². The molecule has 1 N–H and O–H groups in total. The van der Waals surface area contributed by atoms with Crippen molar-refractivity contribution in [1.82, 2.24) is 19.0 Å². The van der Waals surface area contributed by atoms with E-state index in [4.69, 9.17) is 9.72 Å². The van der Waals surface area contributed by atoms with Gasteiger partial charge in [-0.1, -0.05) is 19.1 Å². The number of benzene rings is 2. The van der Waals surface area contributed by atoms with Gasteiger partial charge in [0.25, 0.3) is 5.91 Å². The van der Waals surface area contributed by atoms with E-state index in [1.54, 1.807) is 7.11 Å². The number of carbonyl (C=O) groups excluding carboxylic acids is 1. The van der Waals surface area contributed by atoms with Crippen LogP contribution in [0, 0.1) is 17.8 Å². The molecule has 3 aliphatic carbocycles. The molecule has 8 rings (SSSR count). The second kappa shape index (κ2) is 8.84. The van der Waals surface area contributed by atoms with Crippen molar-refractivity contribution >= 4 is 27.8 Å². The highest BCUT2D eigenvalue weighted by Crippen LogP contribution is 2.44. The van der Waals surface area contributed by atoms with Gasteiger partial charge in [0.05, 0.1) is 24.4 Å². The van der Waals surface area contributed by atoms with Gasteiger partial charge in [0, 0.05) is 42.6 Å². The molecular weight excluding hydrogens is 500 g/mol. The summed E-state index contributed by atoms with van der Waals surface area (Å²) in [5.74, 6) is 4.04. The number of aliphatic hydroxyl groups is 1. The van der Waals surface area contributed by atoms with Crippen LogP contribution >= 0.6 is 0 Å². The van der Waals surface area contributed by atoms with Crippen LogP contribution < -0.4 is 4.74 Å². The van der Waals surface area contributed by atoms with Crippen LogP contribution in [0.1, 0.15) is 67.3 Å². The number of aromatic nitrogens is 3. The summed E-state index contributed by atoms with van der Waals surface area (Å²) in [5.41, 5.74) is 6.04. The Morgan fingerprint density at radius 2 is 1.93 bits per heavy atom. The van der Waals surface area contributed by atoms with Crippen molar-refractivity contribution < 1.29 is 14.6 Å². The number of hydrogen-bond acceptors (Lipinski definition) is 4. The molecule has 4 fully saturated rings. The highest BCUT2D eigenvalue weighted by Gasteiger charge is 2.46. The third kappa shape index (κ3) is 3.66. The highest BCUT2D eigenvalue weighted by atomic mass is 16.5. The van der Waals surface area contributed by atoms with Gasteiger partial charge >= 0.3 is 0 Å². The minimum atomic E-state index is -0.162. The molecule has 0 spiro atoms. The SMILES string of the molecule is COc1cc(C(=O)N2CC3CCC2[C@@H]3C)cc2nc(-c3cc4ccc(C5CC(O)C5)cc4n3CC3CC3)n(C)c12. The van der Waals surface area contributed by atoms with E-state index in [0.29, 0.717) is 41.0 Å². The van der Waals surface area contributed by atoms with E-state index in [9.17, 15) is 9.90 Å². The molecule has 40 heavy (non-hydrogen) atoms. The molecule has 3 saturated carbocycles. The third-order valence-electron chi connectivity index (χ3n) is 10.6. The van der Waals surface area contributed by atoms with Crippen molar-refractivity contribution in [3.05, 3.63) is 47.5 Å². The van der Waals surface area contributed by atoms with Crippen LogP contribution in [0.2, 0.25) is 0 Å². The monoisotopic (exact) mass is 538 g/mol. The molecule has 2 aromatic carbocycles. The molecule has 0 radical (unpaired) electrons. The Kier molecular flexibility index (Phi) is 5.41. The van der Waals surface area contributed by atoms with Gasteiger partial charge < -0.3 is 23.9 Å². The first-order valence-electron chi connectivity index (χ1n) is 15.1. The van der Waals surface area contributed by atoms with Gasteiger partial charge in [-0.3, -0.25) is 4.79 Å². The van der Waals surface area contributed by atoms with Crippen molar-refractivity contribution in [2.24, 2.45) is 24.8 Å². The number of fused-ring (bicyclic) bond motifs is 4. The Morgan fingerprint density at radius 3 is 2.60 bits per heavy atom. The van der Waals surface area contributed by atoms with Crippen LogP contribution in [0.4, 0.5) is 0 Å². The summed E-state index contributed by atoms with van der Waals surface area (Å²) in [6, 6.07) is 13.3. The minimum Gasteiger partial charge on any atom is -0.494 e. The van der Waals surface area contributed by atoms with Gasteiger partial charge in [0.1, 0.15) is 11.3 Å². The van der Waals surface area contributed by atoms with E-state index in [1.165, 1.54) is 35.7 Å². The van der Waals surface area contributed by atoms with Crippen LogP contribution in [0.25, 0.3) is 33.5 Å². The van der Waals surface area contributed by atoms with E-state index in [0.717, 1.165) is 54.9 Å². The zero-order valence-electron chi connectivity index (χ0n) is 23.6. The topological polar surface area (TPSA) is 72.5 Å². The number of nitrogens with zero attached hydrogens (tertiary/aromatic N) is 4. The standard InChI is InChI=1S/C33H38N4O3/c1-18-22-8-9-27(18)37(17-22)33(39)24-12-26-31(30(15-24)40-3)35(2)32(34-26)29-14-21-7-6-20(23-10-25(38)11-23)13-28(21)36(29)16-19-4-5-19/h6-7,12-15,18-19,22-23,25,27,38H,4-5,8-11,16-17H2,1-3H3/t18-,22?,23?,25?,27?/m1/s1. The average Bonchev–Trinajstić information content (AvgIpc) is 3.35. The lowest BCUT2D eigenvalue weighted by atomic mass is 9.77. The van der Waals surface area contributed by atoms with E-state index in [2.05, 4.69) is 52.3 Å². The maximum Gasteiger partial charge on any atom is 0.254 e. The molecule has 7 heteroatoms. The average molecular weight is 539 g/mol. The normalized spacial score (nSPS) is 27.6. The Labute approximate surface area is 234 Å². The fraction of sp³-hybridized carbons (Fsp3) is 0.515. The summed E-state index contributed by atoms with van der Waals surface area (Å²) < 4.78 is 10.4. The van der Waals surface area contributed by atoms with Gasteiger partial charge in [-0.25, -0.2) is 4.98 Å². The molecule has 2 unspecified atom stereocenters. The summed E-state index contributed by atoms with van der Waals surface area (Å²) >= 11 is 0. The molecule has 1 amide bonds. The minimum absolute atomic E-state index is 0.0999. The molecule has 4 aliphatic rings. The summed E-state index contributed by atoms with van der Waals surface area (Å²) in [7, 11) is 3.73. The predicted octanol–water partition coefficient (Wildman–Crippen LogP) is 5.72. The highest BCUT2D eigenvalue weighted by molar-refractivity contribution is 6.00. The first kappa shape index (κ1) is 24.5. The molecule has 2 bridgehead atoms. The Balaban J connectivity index is 1.23. The molecule has 7 nitrogen and oxygen atoms in total. The summed E-state index contributed by atoms with van der Waals surface area (Å²) in [6.45, 7) is 4.14. The molecule has 3 atom stereocenters. The van der Waals surface area contributed by atoms with E-state index >= 15 is 0 Å². The Hall–Kier alpha value is -3.32. The van der Waals surface area contributed by atoms with Gasteiger partial charge in [-0.05, 0) is 92.0 Å². The maximum absolute atomic E-state index is 13.7. The number of ether oxygens (including phenoxy) is 1. The molecule has 3 heterocycles. The number of methoxy groups -OCH3 is 1. The fourth-order valence-electron chi connectivity index (χ4n) is 7.85. The van der Waals surface area contributed by atoms with Crippen molar-refractivity contribution in [2.75, 3.05) is 13.7 Å². The van der Waals surface area contributed by atoms with Gasteiger partial charge in [-0.15, -0.1) is 0 Å². The molecule has 4 aromatic rings. The number of hydrogen-bond donors (Lipinski definition) is 1. The van der Waals surface area contributed by atoms with Gasteiger partial charge in [0.15, 0.2) is 5.82 Å². The predicted molar refractivity (Wildman–Crippen MR) is 156 cm³/mol. The smallest absolute Gasteiger partial charge is 0.254 e. The maximum atomic E-state index is 13.7. The largest absolute Gasteiger partial charge is 0.494 e.